The average Bonchev–Trinajstić information content (AvgIpc) is 2.40. The summed E-state index contributed by atoms with van der Waals surface area (Å²) < 4.78 is 0. The van der Waals surface area contributed by atoms with Gasteiger partial charge in [0.15, 0.2) is 4.99 Å². The van der Waals surface area contributed by atoms with Gasteiger partial charge in [-0.1, -0.05) is 60.7 Å². The third kappa shape index (κ3) is 2.98. The molecular weight excluding hydrogens is 230 g/mol. The SMILES string of the molecule is O=C(C(=S)Nc1ccccc1)c1ccccc1. The number of hydrogen-bond donors (Lipinski definition) is 1. The highest BCUT2D eigenvalue weighted by Crippen LogP contribution is 2.08. The number of ketones is 1. The van der Waals surface area contributed by atoms with Crippen LogP contribution in [0.25, 0.3) is 0 Å². The number of carbonyl (C=O) groups excluding carboxylic acids is 1. The molecule has 0 spiro atoms. The van der Waals surface area contributed by atoms with E-state index in [0.29, 0.717) is 5.56 Å². The monoisotopic (exact) mass is 241 g/mol. The van der Waals surface area contributed by atoms with Gasteiger partial charge in [-0.15, -0.1) is 0 Å². The molecule has 0 radical (unpaired) electrons. The van der Waals surface area contributed by atoms with E-state index in [0.717, 1.165) is 5.69 Å². The lowest BCUT2D eigenvalue weighted by molar-refractivity contribution is 0.106. The molecule has 0 aliphatic rings. The molecule has 17 heavy (non-hydrogen) atoms. The Labute approximate surface area is 105 Å². The van der Waals surface area contributed by atoms with Gasteiger partial charge in [0.2, 0.25) is 5.78 Å². The minimum Gasteiger partial charge on any atom is -0.343 e. The Balaban J connectivity index is 2.09. The van der Waals surface area contributed by atoms with Gasteiger partial charge in [0.25, 0.3) is 0 Å². The van der Waals surface area contributed by atoms with Crippen molar-refractivity contribution in [2.24, 2.45) is 0 Å². The molecule has 84 valence electrons. The standard InChI is InChI=1S/C14H11NOS/c16-13(11-7-3-1-4-8-11)14(17)15-12-9-5-2-6-10-12/h1-10H,(H,15,17). The number of anilines is 1. The molecule has 0 bridgehead atoms. The van der Waals surface area contributed by atoms with Gasteiger partial charge in [0.05, 0.1) is 0 Å². The van der Waals surface area contributed by atoms with Crippen LogP contribution in [0.1, 0.15) is 10.4 Å². The van der Waals surface area contributed by atoms with Crippen LogP contribution in [0.5, 0.6) is 0 Å². The second kappa shape index (κ2) is 5.37. The molecule has 2 aromatic rings. The number of rotatable bonds is 3. The van der Waals surface area contributed by atoms with Crippen LogP contribution in [-0.4, -0.2) is 10.8 Å². The first-order valence-electron chi connectivity index (χ1n) is 5.23. The lowest BCUT2D eigenvalue weighted by Gasteiger charge is -2.06. The van der Waals surface area contributed by atoms with Crippen LogP contribution in [0, 0.1) is 0 Å². The summed E-state index contributed by atoms with van der Waals surface area (Å²) in [5.74, 6) is -0.163. The molecule has 0 aliphatic carbocycles. The van der Waals surface area contributed by atoms with Crippen molar-refractivity contribution in [1.29, 1.82) is 0 Å². The van der Waals surface area contributed by atoms with Crippen LogP contribution < -0.4 is 5.32 Å². The van der Waals surface area contributed by atoms with Gasteiger partial charge in [0.1, 0.15) is 0 Å². The molecule has 0 unspecified atom stereocenters. The second-order valence-electron chi connectivity index (χ2n) is 3.52. The number of nitrogens with one attached hydrogen (secondary N) is 1. The van der Waals surface area contributed by atoms with Crippen molar-refractivity contribution in [1.82, 2.24) is 0 Å². The van der Waals surface area contributed by atoms with Gasteiger partial charge in [-0.05, 0) is 12.1 Å². The van der Waals surface area contributed by atoms with E-state index in [1.54, 1.807) is 12.1 Å². The molecule has 3 heteroatoms. The smallest absolute Gasteiger partial charge is 0.220 e. The van der Waals surface area contributed by atoms with Crippen LogP contribution >= 0.6 is 12.2 Å². The zero-order valence-corrected chi connectivity index (χ0v) is 9.91. The first kappa shape index (κ1) is 11.5. The van der Waals surface area contributed by atoms with Crippen molar-refractivity contribution < 1.29 is 4.79 Å². The fourth-order valence-corrected chi connectivity index (χ4v) is 1.67. The topological polar surface area (TPSA) is 29.1 Å². The predicted octanol–water partition coefficient (Wildman–Crippen LogP) is 3.31. The van der Waals surface area contributed by atoms with Crippen molar-refractivity contribution in [3.63, 3.8) is 0 Å². The maximum Gasteiger partial charge on any atom is 0.220 e. The zero-order valence-electron chi connectivity index (χ0n) is 9.09. The Bertz CT molecular complexity index is 522. The lowest BCUT2D eigenvalue weighted by Crippen LogP contribution is -2.20. The number of benzene rings is 2. The molecule has 0 aliphatic heterocycles. The van der Waals surface area contributed by atoms with E-state index in [9.17, 15) is 4.79 Å². The molecule has 2 rings (SSSR count). The highest BCUT2D eigenvalue weighted by molar-refractivity contribution is 7.82. The Morgan fingerprint density at radius 3 is 2.00 bits per heavy atom. The van der Waals surface area contributed by atoms with Crippen LogP contribution in [0.3, 0.4) is 0 Å². The van der Waals surface area contributed by atoms with Crippen molar-refractivity contribution in [3.05, 3.63) is 66.2 Å². The highest BCUT2D eigenvalue weighted by atomic mass is 32.1. The second-order valence-corrected chi connectivity index (χ2v) is 3.92. The Hall–Kier alpha value is -2.00. The number of hydrogen-bond acceptors (Lipinski definition) is 2. The fourth-order valence-electron chi connectivity index (χ4n) is 1.43. The molecule has 2 nitrogen and oxygen atoms in total. The average molecular weight is 241 g/mol. The van der Waals surface area contributed by atoms with E-state index in [-0.39, 0.29) is 10.8 Å². The summed E-state index contributed by atoms with van der Waals surface area (Å²) in [7, 11) is 0. The van der Waals surface area contributed by atoms with E-state index in [1.165, 1.54) is 0 Å². The van der Waals surface area contributed by atoms with Crippen LogP contribution in [-0.2, 0) is 0 Å². The van der Waals surface area contributed by atoms with E-state index in [2.05, 4.69) is 5.32 Å². The van der Waals surface area contributed by atoms with Gasteiger partial charge in [-0.3, -0.25) is 4.79 Å². The highest BCUT2D eigenvalue weighted by Gasteiger charge is 2.11. The van der Waals surface area contributed by atoms with E-state index in [1.807, 2.05) is 48.5 Å². The minimum atomic E-state index is -0.163. The molecular formula is C14H11NOS. The molecule has 1 N–H and O–H groups in total. The lowest BCUT2D eigenvalue weighted by atomic mass is 10.1. The summed E-state index contributed by atoms with van der Waals surface area (Å²) in [6.45, 7) is 0. The first-order valence-corrected chi connectivity index (χ1v) is 5.64. The molecule has 0 atom stereocenters. The van der Waals surface area contributed by atoms with Gasteiger partial charge >= 0.3 is 0 Å². The Morgan fingerprint density at radius 1 is 0.882 bits per heavy atom. The van der Waals surface area contributed by atoms with Gasteiger partial charge < -0.3 is 5.32 Å². The van der Waals surface area contributed by atoms with Crippen LogP contribution in [0.15, 0.2) is 60.7 Å². The van der Waals surface area contributed by atoms with E-state index < -0.39 is 0 Å². The summed E-state index contributed by atoms with van der Waals surface area (Å²) in [5.41, 5.74) is 1.42. The molecule has 0 aromatic heterocycles. The first-order chi connectivity index (χ1) is 8.27. The van der Waals surface area contributed by atoms with E-state index in [4.69, 9.17) is 12.2 Å². The molecule has 0 fully saturated rings. The number of Topliss-reactive ketones (excluding diaryl/α,β-unsaturated/α-hetero) is 1. The molecule has 0 saturated carbocycles. The van der Waals surface area contributed by atoms with Crippen molar-refractivity contribution in [2.45, 2.75) is 0 Å². The third-order valence-electron chi connectivity index (χ3n) is 2.27. The van der Waals surface area contributed by atoms with Crippen LogP contribution in [0.4, 0.5) is 5.69 Å². The van der Waals surface area contributed by atoms with Crippen molar-refractivity contribution in [2.75, 3.05) is 5.32 Å². The Morgan fingerprint density at radius 2 is 1.41 bits per heavy atom. The van der Waals surface area contributed by atoms with Gasteiger partial charge in [0, 0.05) is 11.3 Å². The van der Waals surface area contributed by atoms with E-state index >= 15 is 0 Å². The van der Waals surface area contributed by atoms with Crippen LogP contribution in [0.2, 0.25) is 0 Å². The van der Waals surface area contributed by atoms with Crippen molar-refractivity contribution >= 4 is 28.7 Å². The summed E-state index contributed by atoms with van der Waals surface area (Å²) in [6, 6.07) is 18.4. The van der Waals surface area contributed by atoms with Gasteiger partial charge in [-0.25, -0.2) is 0 Å². The number of carbonyl (C=O) groups is 1. The minimum absolute atomic E-state index is 0.163. The zero-order chi connectivity index (χ0) is 12.1. The van der Waals surface area contributed by atoms with Crippen molar-refractivity contribution in [3.8, 4) is 0 Å². The fraction of sp³-hybridized carbons (Fsp3) is 0. The quantitative estimate of drug-likeness (QED) is 0.660. The summed E-state index contributed by atoms with van der Waals surface area (Å²) >= 11 is 5.08. The summed E-state index contributed by atoms with van der Waals surface area (Å²) in [4.78, 5) is 12.2. The molecule has 0 amide bonds. The third-order valence-corrected chi connectivity index (χ3v) is 2.56. The Kier molecular flexibility index (Phi) is 3.62. The summed E-state index contributed by atoms with van der Waals surface area (Å²) in [6.07, 6.45) is 0. The van der Waals surface area contributed by atoms with Gasteiger partial charge in [-0.2, -0.15) is 0 Å². The number of thiocarbonyl (C=S) groups is 1. The maximum absolute atomic E-state index is 11.9. The maximum atomic E-state index is 11.9. The molecule has 0 heterocycles. The predicted molar refractivity (Wildman–Crippen MR) is 73.4 cm³/mol. The summed E-state index contributed by atoms with van der Waals surface area (Å²) in [5, 5.41) is 2.92. The molecule has 2 aromatic carbocycles. The molecule has 0 saturated heterocycles. The number of para-hydroxylation sites is 1. The largest absolute Gasteiger partial charge is 0.343 e. The normalized spacial score (nSPS) is 9.65.